The number of rotatable bonds is 2. The molecule has 82 valence electrons. The SMILES string of the molecule is O=C(O)C1=CC=C(OC(F)(F)F)CC1=O. The fourth-order valence-corrected chi connectivity index (χ4v) is 0.991. The molecule has 15 heavy (non-hydrogen) atoms. The van der Waals surface area contributed by atoms with E-state index >= 15 is 0 Å². The number of carboxylic acids is 1. The van der Waals surface area contributed by atoms with Crippen LogP contribution in [0.1, 0.15) is 6.42 Å². The van der Waals surface area contributed by atoms with Gasteiger partial charge < -0.3 is 9.84 Å². The second-order valence-corrected chi connectivity index (χ2v) is 2.67. The summed E-state index contributed by atoms with van der Waals surface area (Å²) in [6.45, 7) is 0. The molecule has 1 rings (SSSR count). The minimum atomic E-state index is -4.87. The molecule has 0 fully saturated rings. The van der Waals surface area contributed by atoms with E-state index in [1.165, 1.54) is 0 Å². The van der Waals surface area contributed by atoms with Gasteiger partial charge in [-0.05, 0) is 12.2 Å². The van der Waals surface area contributed by atoms with Crippen molar-refractivity contribution in [2.75, 3.05) is 0 Å². The zero-order valence-electron chi connectivity index (χ0n) is 7.17. The van der Waals surface area contributed by atoms with E-state index < -0.39 is 35.9 Å². The minimum Gasteiger partial charge on any atom is -0.478 e. The molecule has 4 nitrogen and oxygen atoms in total. The molecule has 0 saturated carbocycles. The molecule has 7 heteroatoms. The molecule has 0 unspecified atom stereocenters. The van der Waals surface area contributed by atoms with Gasteiger partial charge >= 0.3 is 12.3 Å². The van der Waals surface area contributed by atoms with Gasteiger partial charge in [0.25, 0.3) is 0 Å². The Hall–Kier alpha value is -1.79. The Bertz CT molecular complexity index is 365. The van der Waals surface area contributed by atoms with Crippen LogP contribution in [-0.4, -0.2) is 23.2 Å². The number of ketones is 1. The highest BCUT2D eigenvalue weighted by Gasteiger charge is 2.34. The van der Waals surface area contributed by atoms with Crippen LogP contribution in [0, 0.1) is 0 Å². The van der Waals surface area contributed by atoms with Crippen molar-refractivity contribution in [1.82, 2.24) is 0 Å². The summed E-state index contributed by atoms with van der Waals surface area (Å²) in [7, 11) is 0. The standard InChI is InChI=1S/C8H5F3O4/c9-8(10,11)15-4-1-2-5(7(13)14)6(12)3-4/h1-2H,3H2,(H,13,14). The number of carboxylic acid groups (broad SMARTS) is 1. The third kappa shape index (κ3) is 3.12. The van der Waals surface area contributed by atoms with Crippen molar-refractivity contribution in [2.45, 2.75) is 12.8 Å². The first kappa shape index (κ1) is 11.3. The molecule has 0 radical (unpaired) electrons. The molecule has 0 spiro atoms. The van der Waals surface area contributed by atoms with Gasteiger partial charge in [-0.3, -0.25) is 4.79 Å². The van der Waals surface area contributed by atoms with Gasteiger partial charge in [0, 0.05) is 0 Å². The lowest BCUT2D eigenvalue weighted by Crippen LogP contribution is -2.20. The maximum atomic E-state index is 11.7. The third-order valence-corrected chi connectivity index (χ3v) is 1.55. The zero-order valence-corrected chi connectivity index (χ0v) is 7.17. The first-order valence-corrected chi connectivity index (χ1v) is 3.72. The number of aliphatic carboxylic acids is 1. The zero-order chi connectivity index (χ0) is 11.6. The van der Waals surface area contributed by atoms with Crippen LogP contribution in [-0.2, 0) is 14.3 Å². The van der Waals surface area contributed by atoms with Crippen LogP contribution in [0.2, 0.25) is 0 Å². The average molecular weight is 222 g/mol. The van der Waals surface area contributed by atoms with Gasteiger partial charge in [-0.15, -0.1) is 13.2 Å². The largest absolute Gasteiger partial charge is 0.572 e. The van der Waals surface area contributed by atoms with Crippen LogP contribution < -0.4 is 0 Å². The quantitative estimate of drug-likeness (QED) is 0.717. The number of carbonyl (C=O) groups excluding carboxylic acids is 1. The van der Waals surface area contributed by atoms with Gasteiger partial charge in [0.05, 0.1) is 6.42 Å². The van der Waals surface area contributed by atoms with Crippen molar-refractivity contribution >= 4 is 11.8 Å². The van der Waals surface area contributed by atoms with Crippen molar-refractivity contribution < 1.29 is 32.6 Å². The Morgan fingerprint density at radius 2 is 2.00 bits per heavy atom. The Labute approximate surface area is 81.6 Å². The summed E-state index contributed by atoms with van der Waals surface area (Å²) in [4.78, 5) is 21.4. The lowest BCUT2D eigenvalue weighted by Gasteiger charge is -2.14. The fourth-order valence-electron chi connectivity index (χ4n) is 0.991. The smallest absolute Gasteiger partial charge is 0.478 e. The van der Waals surface area contributed by atoms with E-state index in [9.17, 15) is 22.8 Å². The number of hydrogen-bond acceptors (Lipinski definition) is 3. The minimum absolute atomic E-state index is 0.551. The molecule has 0 aromatic heterocycles. The normalized spacial score (nSPS) is 16.9. The third-order valence-electron chi connectivity index (χ3n) is 1.55. The molecule has 1 N–H and O–H groups in total. The van der Waals surface area contributed by atoms with Crippen LogP contribution >= 0.6 is 0 Å². The summed E-state index contributed by atoms with van der Waals surface area (Å²) in [5.41, 5.74) is -0.551. The van der Waals surface area contributed by atoms with Crippen molar-refractivity contribution in [3.63, 3.8) is 0 Å². The van der Waals surface area contributed by atoms with Crippen molar-refractivity contribution in [3.8, 4) is 0 Å². The molecule has 1 aliphatic rings. The lowest BCUT2D eigenvalue weighted by molar-refractivity contribution is -0.306. The number of carbonyl (C=O) groups is 2. The van der Waals surface area contributed by atoms with Gasteiger partial charge in [0.15, 0.2) is 5.78 Å². The fraction of sp³-hybridized carbons (Fsp3) is 0.250. The van der Waals surface area contributed by atoms with Crippen molar-refractivity contribution in [1.29, 1.82) is 0 Å². The van der Waals surface area contributed by atoms with E-state index in [0.717, 1.165) is 12.2 Å². The van der Waals surface area contributed by atoms with E-state index in [1.54, 1.807) is 0 Å². The Kier molecular flexibility index (Phi) is 2.83. The number of allylic oxidation sites excluding steroid dienone is 3. The van der Waals surface area contributed by atoms with Crippen LogP contribution in [0.15, 0.2) is 23.5 Å². The molecule has 0 aliphatic heterocycles. The van der Waals surface area contributed by atoms with Crippen LogP contribution in [0.25, 0.3) is 0 Å². The Morgan fingerprint density at radius 1 is 1.40 bits per heavy atom. The number of ether oxygens (including phenoxy) is 1. The topological polar surface area (TPSA) is 63.6 Å². The monoisotopic (exact) mass is 222 g/mol. The summed E-state index contributed by atoms with van der Waals surface area (Å²) in [5.74, 6) is -3.00. The van der Waals surface area contributed by atoms with E-state index in [1.807, 2.05) is 0 Å². The molecule has 0 heterocycles. The van der Waals surface area contributed by atoms with Gasteiger partial charge in [0.1, 0.15) is 11.3 Å². The second-order valence-electron chi connectivity index (χ2n) is 2.67. The van der Waals surface area contributed by atoms with Gasteiger partial charge in [-0.1, -0.05) is 0 Å². The van der Waals surface area contributed by atoms with E-state index in [0.29, 0.717) is 0 Å². The lowest BCUT2D eigenvalue weighted by atomic mass is 10.0. The van der Waals surface area contributed by atoms with Crippen LogP contribution in [0.4, 0.5) is 13.2 Å². The number of Topliss-reactive ketones (excluding diaryl/α,β-unsaturated/α-hetero) is 1. The van der Waals surface area contributed by atoms with E-state index in [4.69, 9.17) is 5.11 Å². The van der Waals surface area contributed by atoms with Gasteiger partial charge in [0.2, 0.25) is 0 Å². The Balaban J connectivity index is 2.82. The molecule has 0 saturated heterocycles. The highest BCUT2D eigenvalue weighted by atomic mass is 19.4. The van der Waals surface area contributed by atoms with Crippen LogP contribution in [0.3, 0.4) is 0 Å². The number of hydrogen-bond donors (Lipinski definition) is 1. The summed E-state index contributed by atoms with van der Waals surface area (Å²) in [6.07, 6.45) is -3.97. The maximum Gasteiger partial charge on any atom is 0.572 e. The predicted octanol–water partition coefficient (Wildman–Crippen LogP) is 1.39. The molecule has 0 amide bonds. The summed E-state index contributed by atoms with van der Waals surface area (Å²) >= 11 is 0. The molecule has 1 aliphatic carbocycles. The molecular formula is C8H5F3O4. The second kappa shape index (κ2) is 3.76. The van der Waals surface area contributed by atoms with E-state index in [-0.39, 0.29) is 0 Å². The highest BCUT2D eigenvalue weighted by Crippen LogP contribution is 2.25. The van der Waals surface area contributed by atoms with Crippen molar-refractivity contribution in [3.05, 3.63) is 23.5 Å². The molecule has 0 atom stereocenters. The Morgan fingerprint density at radius 3 is 2.40 bits per heavy atom. The summed E-state index contributed by atoms with van der Waals surface area (Å²) < 4.78 is 38.6. The molecule has 0 aromatic rings. The van der Waals surface area contributed by atoms with Gasteiger partial charge in [-0.2, -0.15) is 0 Å². The van der Waals surface area contributed by atoms with E-state index in [2.05, 4.69) is 4.74 Å². The highest BCUT2D eigenvalue weighted by molar-refractivity contribution is 6.18. The average Bonchev–Trinajstić information content (AvgIpc) is 1.99. The van der Waals surface area contributed by atoms with Crippen molar-refractivity contribution in [2.24, 2.45) is 0 Å². The van der Waals surface area contributed by atoms with Crippen LogP contribution in [0.5, 0.6) is 0 Å². The first-order valence-electron chi connectivity index (χ1n) is 3.72. The predicted molar refractivity (Wildman–Crippen MR) is 40.6 cm³/mol. The maximum absolute atomic E-state index is 11.7. The molecule has 0 bridgehead atoms. The first-order chi connectivity index (χ1) is 6.79. The molecule has 0 aromatic carbocycles. The van der Waals surface area contributed by atoms with Gasteiger partial charge in [-0.25, -0.2) is 4.79 Å². The molecular weight excluding hydrogens is 217 g/mol. The number of alkyl halides is 3. The number of halogens is 3. The summed E-state index contributed by atoms with van der Waals surface area (Å²) in [5, 5.41) is 8.45. The summed E-state index contributed by atoms with van der Waals surface area (Å²) in [6, 6.07) is 0.